The Morgan fingerprint density at radius 3 is 2.50 bits per heavy atom. The Morgan fingerprint density at radius 2 is 1.85 bits per heavy atom. The highest BCUT2D eigenvalue weighted by Gasteiger charge is 2.28. The highest BCUT2D eigenvalue weighted by atomic mass is 32.2. The molecular weight excluding hydrogens is 355 g/mol. The van der Waals surface area contributed by atoms with E-state index < -0.39 is 9.84 Å². The molecule has 26 heavy (non-hydrogen) atoms. The quantitative estimate of drug-likeness (QED) is 0.881. The second kappa shape index (κ2) is 6.79. The molecule has 0 saturated heterocycles. The number of aromatic nitrogens is 3. The molecule has 142 valence electrons. The van der Waals surface area contributed by atoms with Crippen LogP contribution >= 0.6 is 0 Å². The van der Waals surface area contributed by atoms with E-state index in [4.69, 9.17) is 0 Å². The monoisotopic (exact) mass is 380 g/mol. The van der Waals surface area contributed by atoms with Gasteiger partial charge in [0.15, 0.2) is 5.82 Å². The van der Waals surface area contributed by atoms with Gasteiger partial charge in [-0.15, -0.1) is 5.10 Å². The molecule has 0 atom stereocenters. The Kier molecular flexibility index (Phi) is 4.62. The number of fused-ring (bicyclic) bond motifs is 1. The predicted molar refractivity (Wildman–Crippen MR) is 98.7 cm³/mol. The summed E-state index contributed by atoms with van der Waals surface area (Å²) in [7, 11) is -2.97. The van der Waals surface area contributed by atoms with Crippen LogP contribution < -0.4 is 5.32 Å². The summed E-state index contributed by atoms with van der Waals surface area (Å²) in [5.41, 5.74) is 1.35. The van der Waals surface area contributed by atoms with Crippen LogP contribution in [0.15, 0.2) is 12.3 Å². The van der Waals surface area contributed by atoms with Crippen molar-refractivity contribution in [3.63, 3.8) is 0 Å². The van der Waals surface area contributed by atoms with Gasteiger partial charge in [-0.1, -0.05) is 12.8 Å². The van der Waals surface area contributed by atoms with Crippen LogP contribution in [0.3, 0.4) is 0 Å². The third kappa shape index (κ3) is 3.43. The Bertz CT molecular complexity index is 897. The third-order valence-electron chi connectivity index (χ3n) is 5.88. The van der Waals surface area contributed by atoms with Crippen LogP contribution in [-0.4, -0.2) is 40.6 Å². The number of rotatable bonds is 4. The molecule has 2 aromatic rings. The van der Waals surface area contributed by atoms with Crippen molar-refractivity contribution in [3.05, 3.63) is 23.8 Å². The van der Waals surface area contributed by atoms with Crippen LogP contribution in [0.5, 0.6) is 0 Å². The van der Waals surface area contributed by atoms with Gasteiger partial charge in [0.05, 0.1) is 11.4 Å². The maximum atomic E-state index is 14.2. The van der Waals surface area contributed by atoms with Gasteiger partial charge in [0, 0.05) is 23.9 Å². The molecule has 0 amide bonds. The molecule has 6 nitrogen and oxygen atoms in total. The molecule has 2 fully saturated rings. The number of nitrogens with zero attached hydrogens (tertiary/aromatic N) is 3. The van der Waals surface area contributed by atoms with Crippen LogP contribution in [0.4, 0.5) is 10.3 Å². The van der Waals surface area contributed by atoms with E-state index in [9.17, 15) is 12.8 Å². The maximum Gasteiger partial charge on any atom is 0.241 e. The van der Waals surface area contributed by atoms with Gasteiger partial charge in [0.2, 0.25) is 5.95 Å². The first-order valence-electron chi connectivity index (χ1n) is 9.41. The lowest BCUT2D eigenvalue weighted by molar-refractivity contribution is 0.451. The van der Waals surface area contributed by atoms with E-state index >= 15 is 0 Å². The van der Waals surface area contributed by atoms with Gasteiger partial charge < -0.3 is 5.32 Å². The Labute approximate surface area is 153 Å². The Hall–Kier alpha value is -1.70. The minimum Gasteiger partial charge on any atom is -0.350 e. The second-order valence-corrected chi connectivity index (χ2v) is 10.1. The van der Waals surface area contributed by atoms with Crippen molar-refractivity contribution in [3.8, 4) is 0 Å². The van der Waals surface area contributed by atoms with Crippen LogP contribution in [0.1, 0.15) is 63.0 Å². The molecule has 8 heteroatoms. The van der Waals surface area contributed by atoms with Crippen LogP contribution in [0.2, 0.25) is 0 Å². The summed E-state index contributed by atoms with van der Waals surface area (Å²) in [6.07, 6.45) is 10.2. The van der Waals surface area contributed by atoms with Crippen molar-refractivity contribution in [1.29, 1.82) is 0 Å². The van der Waals surface area contributed by atoms with Gasteiger partial charge in [0.1, 0.15) is 15.4 Å². The number of hydrogen-bond acceptors (Lipinski definition) is 5. The summed E-state index contributed by atoms with van der Waals surface area (Å²) in [5, 5.41) is 7.61. The first kappa shape index (κ1) is 17.7. The average molecular weight is 380 g/mol. The molecule has 0 radical (unpaired) electrons. The SMILES string of the molecule is CS(=O)(=O)C1CCC(Nc2ncc3c(F)cc(C4CCCC4)n3n2)CC1. The number of halogens is 1. The molecule has 4 rings (SSSR count). The van der Waals surface area contributed by atoms with Crippen LogP contribution in [0, 0.1) is 5.82 Å². The zero-order chi connectivity index (χ0) is 18.3. The smallest absolute Gasteiger partial charge is 0.241 e. The highest BCUT2D eigenvalue weighted by molar-refractivity contribution is 7.91. The Morgan fingerprint density at radius 1 is 1.15 bits per heavy atom. The largest absolute Gasteiger partial charge is 0.350 e. The van der Waals surface area contributed by atoms with Gasteiger partial charge in [-0.25, -0.2) is 22.3 Å². The van der Waals surface area contributed by atoms with E-state index in [1.54, 1.807) is 10.6 Å². The van der Waals surface area contributed by atoms with Crippen molar-refractivity contribution in [2.45, 2.75) is 68.6 Å². The minimum atomic E-state index is -2.97. The molecule has 0 bridgehead atoms. The van der Waals surface area contributed by atoms with E-state index in [2.05, 4.69) is 15.4 Å². The zero-order valence-corrected chi connectivity index (χ0v) is 15.8. The fraction of sp³-hybridized carbons (Fsp3) is 0.667. The summed E-state index contributed by atoms with van der Waals surface area (Å²) in [5.74, 6) is 0.571. The topological polar surface area (TPSA) is 76.4 Å². The van der Waals surface area contributed by atoms with Crippen molar-refractivity contribution in [2.24, 2.45) is 0 Å². The van der Waals surface area contributed by atoms with Crippen LogP contribution in [-0.2, 0) is 9.84 Å². The second-order valence-electron chi connectivity index (χ2n) is 7.72. The number of hydrogen-bond donors (Lipinski definition) is 1. The van der Waals surface area contributed by atoms with E-state index in [-0.39, 0.29) is 17.1 Å². The summed E-state index contributed by atoms with van der Waals surface area (Å²) < 4.78 is 39.3. The highest BCUT2D eigenvalue weighted by Crippen LogP contribution is 2.35. The van der Waals surface area contributed by atoms with Gasteiger partial charge in [-0.3, -0.25) is 0 Å². The minimum absolute atomic E-state index is 0.154. The zero-order valence-electron chi connectivity index (χ0n) is 15.0. The molecule has 2 aromatic heterocycles. The number of anilines is 1. The number of nitrogens with one attached hydrogen (secondary N) is 1. The molecule has 1 N–H and O–H groups in total. The molecule has 0 spiro atoms. The molecule has 2 heterocycles. The van der Waals surface area contributed by atoms with E-state index in [1.165, 1.54) is 25.3 Å². The molecule has 2 saturated carbocycles. The molecule has 0 aromatic carbocycles. The molecule has 2 aliphatic carbocycles. The molecular formula is C18H25FN4O2S. The van der Waals surface area contributed by atoms with Gasteiger partial charge >= 0.3 is 0 Å². The Balaban J connectivity index is 1.52. The lowest BCUT2D eigenvalue weighted by atomic mass is 9.95. The van der Waals surface area contributed by atoms with Gasteiger partial charge in [-0.2, -0.15) is 0 Å². The summed E-state index contributed by atoms with van der Waals surface area (Å²) in [4.78, 5) is 4.27. The third-order valence-corrected chi connectivity index (χ3v) is 7.56. The molecule has 2 aliphatic rings. The van der Waals surface area contributed by atoms with E-state index in [1.807, 2.05) is 0 Å². The molecule has 0 aliphatic heterocycles. The lowest BCUT2D eigenvalue weighted by Gasteiger charge is -2.28. The van der Waals surface area contributed by atoms with Gasteiger partial charge in [-0.05, 0) is 44.6 Å². The van der Waals surface area contributed by atoms with Crippen molar-refractivity contribution < 1.29 is 12.8 Å². The lowest BCUT2D eigenvalue weighted by Crippen LogP contribution is -2.32. The van der Waals surface area contributed by atoms with Crippen molar-refractivity contribution in [1.82, 2.24) is 14.6 Å². The van der Waals surface area contributed by atoms with Crippen LogP contribution in [0.25, 0.3) is 5.52 Å². The van der Waals surface area contributed by atoms with E-state index in [0.29, 0.717) is 30.2 Å². The average Bonchev–Trinajstić information content (AvgIpc) is 3.23. The summed E-state index contributed by atoms with van der Waals surface area (Å²) in [6.45, 7) is 0. The summed E-state index contributed by atoms with van der Waals surface area (Å²) >= 11 is 0. The van der Waals surface area contributed by atoms with Crippen molar-refractivity contribution >= 4 is 21.3 Å². The van der Waals surface area contributed by atoms with E-state index in [0.717, 1.165) is 31.4 Å². The molecule has 0 unspecified atom stereocenters. The van der Waals surface area contributed by atoms with Crippen molar-refractivity contribution in [2.75, 3.05) is 11.6 Å². The first-order valence-corrected chi connectivity index (χ1v) is 11.4. The predicted octanol–water partition coefficient (Wildman–Crippen LogP) is 3.29. The maximum absolute atomic E-state index is 14.2. The fourth-order valence-corrected chi connectivity index (χ4v) is 5.50. The first-order chi connectivity index (χ1) is 12.4. The standard InChI is InChI=1S/C18H25FN4O2S/c1-26(24,25)14-8-6-13(7-9-14)21-18-20-11-17-15(19)10-16(23(17)22-18)12-4-2-3-5-12/h10-14H,2-9H2,1H3,(H,21,22). The summed E-state index contributed by atoms with van der Waals surface area (Å²) in [6, 6.07) is 1.75. The van der Waals surface area contributed by atoms with Gasteiger partial charge in [0.25, 0.3) is 0 Å². The number of sulfone groups is 1. The fourth-order valence-electron chi connectivity index (χ4n) is 4.37. The normalized spacial score (nSPS) is 25.0.